The molecular weight excluding hydrogens is 508 g/mol. The molecule has 202 valence electrons. The molecule has 2 aliphatic rings. The number of halogens is 1. The molecule has 1 saturated carbocycles. The molecule has 7 nitrogen and oxygen atoms in total. The van der Waals surface area contributed by atoms with E-state index in [-0.39, 0.29) is 30.2 Å². The van der Waals surface area contributed by atoms with Gasteiger partial charge in [0.1, 0.15) is 6.04 Å². The summed E-state index contributed by atoms with van der Waals surface area (Å²) >= 11 is 7.48. The molecule has 1 aliphatic heterocycles. The molecule has 0 spiro atoms. The summed E-state index contributed by atoms with van der Waals surface area (Å²) in [5.41, 5.74) is -0.0831. The normalized spacial score (nSPS) is 22.7. The first-order chi connectivity index (χ1) is 17.5. The molecule has 1 aromatic carbocycles. The Balaban J connectivity index is 1.40. The number of thiazole rings is 1. The van der Waals surface area contributed by atoms with Gasteiger partial charge in [-0.05, 0) is 42.9 Å². The Hall–Kier alpha value is -2.16. The number of nitrogens with zero attached hydrogens (tertiary/aromatic N) is 2. The Bertz CT molecular complexity index is 1100. The Morgan fingerprint density at radius 1 is 1.22 bits per heavy atom. The topological polar surface area (TPSA) is 94.6 Å². The third-order valence-electron chi connectivity index (χ3n) is 7.91. The minimum Gasteiger partial charge on any atom is -0.384 e. The maximum absolute atomic E-state index is 13.7. The summed E-state index contributed by atoms with van der Waals surface area (Å²) in [7, 11) is 0. The molecule has 2 atom stereocenters. The second-order valence-electron chi connectivity index (χ2n) is 11.5. The largest absolute Gasteiger partial charge is 0.384 e. The molecule has 0 radical (unpaired) electrons. The maximum Gasteiger partial charge on any atom is 0.245 e. The number of hydrogen-bond acceptors (Lipinski definition) is 6. The molecule has 4 rings (SSSR count). The maximum atomic E-state index is 13.7. The van der Waals surface area contributed by atoms with E-state index in [2.05, 4.69) is 15.6 Å². The standard InChI is InChI=1S/C28H39ClN4O3S/c1-18(2)24(32-26-31-22(16-37-26)15-23(34)30-21-7-5-6-8-21)25(35)33-14-13-28(36,27(3,4)17-33)19-9-11-20(29)12-10-19/h9-12,16,18,21,24,36H,5-8,13-15,17H2,1-4H3,(H,30,34)(H,31,32)/t24-,28+/m1/s1. The van der Waals surface area contributed by atoms with Crippen molar-refractivity contribution < 1.29 is 14.7 Å². The third-order valence-corrected chi connectivity index (χ3v) is 8.98. The Morgan fingerprint density at radius 2 is 1.89 bits per heavy atom. The molecule has 0 unspecified atom stereocenters. The zero-order chi connectivity index (χ0) is 26.8. The average Bonchev–Trinajstić information content (AvgIpc) is 3.51. The predicted molar refractivity (Wildman–Crippen MR) is 149 cm³/mol. The van der Waals surface area contributed by atoms with Crippen molar-refractivity contribution in [3.8, 4) is 0 Å². The Morgan fingerprint density at radius 3 is 2.51 bits per heavy atom. The molecule has 37 heavy (non-hydrogen) atoms. The third kappa shape index (κ3) is 6.29. The van der Waals surface area contributed by atoms with Crippen molar-refractivity contribution in [2.75, 3.05) is 18.4 Å². The quantitative estimate of drug-likeness (QED) is 0.434. The van der Waals surface area contributed by atoms with Crippen LogP contribution in [0.15, 0.2) is 29.6 Å². The lowest BCUT2D eigenvalue weighted by atomic mass is 9.66. The van der Waals surface area contributed by atoms with E-state index in [9.17, 15) is 14.7 Å². The van der Waals surface area contributed by atoms with E-state index in [0.717, 1.165) is 18.4 Å². The summed E-state index contributed by atoms with van der Waals surface area (Å²) in [5.74, 6) is 0.0339. The van der Waals surface area contributed by atoms with Gasteiger partial charge in [-0.3, -0.25) is 9.59 Å². The van der Waals surface area contributed by atoms with Crippen LogP contribution in [-0.4, -0.2) is 52.0 Å². The first-order valence-electron chi connectivity index (χ1n) is 13.3. The number of amides is 2. The van der Waals surface area contributed by atoms with Crippen molar-refractivity contribution in [3.63, 3.8) is 0 Å². The lowest BCUT2D eigenvalue weighted by Crippen LogP contribution is -2.59. The number of nitrogens with one attached hydrogen (secondary N) is 2. The van der Waals surface area contributed by atoms with Crippen LogP contribution in [0.25, 0.3) is 0 Å². The van der Waals surface area contributed by atoms with Crippen LogP contribution in [0.1, 0.15) is 71.1 Å². The van der Waals surface area contributed by atoms with Gasteiger partial charge in [0.25, 0.3) is 0 Å². The molecule has 2 fully saturated rings. The molecule has 0 bridgehead atoms. The van der Waals surface area contributed by atoms with E-state index >= 15 is 0 Å². The monoisotopic (exact) mass is 546 g/mol. The highest BCUT2D eigenvalue weighted by atomic mass is 35.5. The van der Waals surface area contributed by atoms with Crippen LogP contribution in [-0.2, 0) is 21.6 Å². The van der Waals surface area contributed by atoms with E-state index in [4.69, 9.17) is 11.6 Å². The van der Waals surface area contributed by atoms with Crippen LogP contribution in [0.4, 0.5) is 5.13 Å². The van der Waals surface area contributed by atoms with Crippen LogP contribution < -0.4 is 10.6 Å². The van der Waals surface area contributed by atoms with Crippen molar-refractivity contribution in [1.29, 1.82) is 0 Å². The molecular formula is C28H39ClN4O3S. The molecule has 1 aliphatic carbocycles. The number of benzene rings is 1. The highest BCUT2D eigenvalue weighted by molar-refractivity contribution is 7.13. The van der Waals surface area contributed by atoms with Gasteiger partial charge in [0.15, 0.2) is 5.13 Å². The van der Waals surface area contributed by atoms with E-state index in [1.807, 2.05) is 50.1 Å². The number of aromatic nitrogens is 1. The number of aliphatic hydroxyl groups is 1. The van der Waals surface area contributed by atoms with Crippen LogP contribution in [0.3, 0.4) is 0 Å². The minimum atomic E-state index is -1.06. The number of carbonyl (C=O) groups excluding carboxylic acids is 2. The van der Waals surface area contributed by atoms with Gasteiger partial charge in [-0.15, -0.1) is 11.3 Å². The van der Waals surface area contributed by atoms with Crippen molar-refractivity contribution in [2.24, 2.45) is 11.3 Å². The van der Waals surface area contributed by atoms with Crippen molar-refractivity contribution >= 4 is 39.9 Å². The van der Waals surface area contributed by atoms with Crippen molar-refractivity contribution in [1.82, 2.24) is 15.2 Å². The summed E-state index contributed by atoms with van der Waals surface area (Å²) in [6.07, 6.45) is 5.15. The number of anilines is 1. The fourth-order valence-electron chi connectivity index (χ4n) is 5.58. The van der Waals surface area contributed by atoms with Crippen molar-refractivity contribution in [2.45, 2.75) is 83.9 Å². The molecule has 2 amide bonds. The van der Waals surface area contributed by atoms with Crippen molar-refractivity contribution in [3.05, 3.63) is 45.9 Å². The first kappa shape index (κ1) is 27.9. The number of likely N-dealkylation sites (tertiary alicyclic amines) is 1. The van der Waals surface area contributed by atoms with Gasteiger partial charge < -0.3 is 20.6 Å². The lowest BCUT2D eigenvalue weighted by Gasteiger charge is -2.51. The fraction of sp³-hybridized carbons (Fsp3) is 0.607. The lowest BCUT2D eigenvalue weighted by molar-refractivity contribution is -0.154. The summed E-state index contributed by atoms with van der Waals surface area (Å²) in [6.45, 7) is 8.92. The van der Waals surface area contributed by atoms with Gasteiger partial charge in [0.05, 0.1) is 17.7 Å². The number of carbonyl (C=O) groups is 2. The first-order valence-corrected chi connectivity index (χ1v) is 14.5. The Labute approximate surface area is 229 Å². The average molecular weight is 547 g/mol. The van der Waals surface area contributed by atoms with E-state index in [1.165, 1.54) is 24.2 Å². The van der Waals surface area contributed by atoms with E-state index in [1.54, 1.807) is 12.1 Å². The summed E-state index contributed by atoms with van der Waals surface area (Å²) in [5, 5.41) is 21.3. The zero-order valence-electron chi connectivity index (χ0n) is 22.2. The predicted octanol–water partition coefficient (Wildman–Crippen LogP) is 4.98. The minimum absolute atomic E-state index is 0.00282. The number of piperidine rings is 1. The summed E-state index contributed by atoms with van der Waals surface area (Å²) < 4.78 is 0. The molecule has 1 aromatic heterocycles. The molecule has 2 aromatic rings. The SMILES string of the molecule is CC(C)[C@@H](Nc1nc(CC(=O)NC2CCCC2)cs1)C(=O)N1CC[C@](O)(c2ccc(Cl)cc2)C(C)(C)C1. The molecule has 2 heterocycles. The number of hydrogen-bond donors (Lipinski definition) is 3. The summed E-state index contributed by atoms with van der Waals surface area (Å²) in [4.78, 5) is 32.5. The van der Waals surface area contributed by atoms with E-state index < -0.39 is 17.1 Å². The molecule has 9 heteroatoms. The van der Waals surface area contributed by atoms with Crippen LogP contribution in [0.2, 0.25) is 5.02 Å². The van der Waals surface area contributed by atoms with Crippen LogP contribution >= 0.6 is 22.9 Å². The number of rotatable bonds is 8. The smallest absolute Gasteiger partial charge is 0.245 e. The second-order valence-corrected chi connectivity index (χ2v) is 12.8. The van der Waals surface area contributed by atoms with Gasteiger partial charge >= 0.3 is 0 Å². The van der Waals surface area contributed by atoms with Crippen LogP contribution in [0, 0.1) is 11.3 Å². The van der Waals surface area contributed by atoms with Crippen LogP contribution in [0.5, 0.6) is 0 Å². The molecule has 3 N–H and O–H groups in total. The van der Waals surface area contributed by atoms with E-state index in [0.29, 0.717) is 35.4 Å². The summed E-state index contributed by atoms with van der Waals surface area (Å²) in [6, 6.07) is 7.16. The molecule has 1 saturated heterocycles. The van der Waals surface area contributed by atoms with Gasteiger partial charge in [0, 0.05) is 34.9 Å². The van der Waals surface area contributed by atoms with Gasteiger partial charge in [-0.1, -0.05) is 64.3 Å². The highest BCUT2D eigenvalue weighted by Gasteiger charge is 2.50. The fourth-order valence-corrected chi connectivity index (χ4v) is 6.46. The van der Waals surface area contributed by atoms with Gasteiger partial charge in [-0.2, -0.15) is 0 Å². The highest BCUT2D eigenvalue weighted by Crippen LogP contribution is 2.46. The Kier molecular flexibility index (Phi) is 8.51. The zero-order valence-corrected chi connectivity index (χ0v) is 23.8. The van der Waals surface area contributed by atoms with Gasteiger partial charge in [0.2, 0.25) is 11.8 Å². The van der Waals surface area contributed by atoms with Gasteiger partial charge in [-0.25, -0.2) is 4.98 Å². The second kappa shape index (κ2) is 11.3.